The third kappa shape index (κ3) is 16.4. The van der Waals surface area contributed by atoms with Gasteiger partial charge in [-0.05, 0) is 134 Å². The second kappa shape index (κ2) is 34.3. The van der Waals surface area contributed by atoms with Crippen LogP contribution in [0.4, 0.5) is 0 Å². The Morgan fingerprint density at radius 1 is 0.330 bits per heavy atom. The maximum atomic E-state index is 13.0. The molecule has 15 rings (SSSR count). The molecule has 15 heteroatoms. The van der Waals surface area contributed by atoms with Crippen molar-refractivity contribution in [3.05, 3.63) is 280 Å². The summed E-state index contributed by atoms with van der Waals surface area (Å²) in [4.78, 5) is 33.7. The minimum atomic E-state index is -3.57. The third-order valence-electron chi connectivity index (χ3n) is 17.9. The molecule has 0 saturated carbocycles. The van der Waals surface area contributed by atoms with Crippen LogP contribution in [-0.4, -0.2) is 52.0 Å². The van der Waals surface area contributed by atoms with Crippen molar-refractivity contribution in [1.29, 1.82) is 0 Å². The van der Waals surface area contributed by atoms with Crippen molar-refractivity contribution in [2.45, 2.75) is 80.9 Å². The molecular formula is C85H75N7O5RuS2. The molecule has 0 bridgehead atoms. The van der Waals surface area contributed by atoms with Gasteiger partial charge >= 0.3 is 0 Å². The smallest absolute Gasteiger partial charge is 0.240 e. The number of aromatic nitrogens is 6. The van der Waals surface area contributed by atoms with E-state index in [-0.39, 0.29) is 24.4 Å². The number of fused-ring (bicyclic) bond motifs is 9. The number of sulfonamides is 1. The summed E-state index contributed by atoms with van der Waals surface area (Å²) in [5, 5.41) is 10.9. The molecule has 15 aromatic rings. The molecule has 0 aliphatic heterocycles. The van der Waals surface area contributed by atoms with E-state index in [0.29, 0.717) is 6.54 Å². The van der Waals surface area contributed by atoms with E-state index in [1.165, 1.54) is 96.6 Å². The maximum Gasteiger partial charge on any atom is 0.240 e. The van der Waals surface area contributed by atoms with Crippen LogP contribution < -0.4 is 4.72 Å². The number of hydrogen-bond donors (Lipinski definition) is 1. The Balaban J connectivity index is 0.000000151. The van der Waals surface area contributed by atoms with Crippen molar-refractivity contribution in [2.24, 2.45) is 0 Å². The molecule has 100 heavy (non-hydrogen) atoms. The molecule has 0 radical (unpaired) electrons. The number of hydrogen-bond acceptors (Lipinski definition) is 12. The van der Waals surface area contributed by atoms with Gasteiger partial charge in [0.05, 0.1) is 57.1 Å². The second-order valence-corrected chi connectivity index (χ2v) is 26.7. The molecule has 1 N–H and O–H groups in total. The molecule has 500 valence electrons. The standard InChI is InChI=1S/C37H43N3O5S2.2C24H16N2.Ru/c1-3-4-5-6-7-8-9-10-11-12-25-40-47(41,42)31-19-15-29(16-20-31)33-24-27-39-37-35(33)22-21-34-32(23-26-38-36(34)37)28-13-17-30(18-14-28)46-45-44-43-2;2*1-3-7-17(8-4-1)19-13-15-25-23-21(19)11-12-22-20(14-16-26-24(22)23)18-9-5-2-6-10-18;/h13-24,26-27,40H,3-12,25H2,1-2H3;2*1-16H;. The van der Waals surface area contributed by atoms with Crippen LogP contribution in [0.2, 0.25) is 0 Å². The average Bonchev–Trinajstić information content (AvgIpc) is 0.771. The van der Waals surface area contributed by atoms with Gasteiger partial charge in [0.25, 0.3) is 0 Å². The Bertz CT molecular complexity index is 4930. The van der Waals surface area contributed by atoms with E-state index in [1.807, 2.05) is 97.6 Å². The van der Waals surface area contributed by atoms with E-state index in [4.69, 9.17) is 14.3 Å². The first kappa shape index (κ1) is 70.1. The van der Waals surface area contributed by atoms with Gasteiger partial charge in [-0.2, -0.15) is 0 Å². The normalized spacial score (nSPS) is 11.3. The van der Waals surface area contributed by atoms with Crippen molar-refractivity contribution in [1.82, 2.24) is 34.6 Å². The fourth-order valence-corrected chi connectivity index (χ4v) is 14.4. The monoisotopic (exact) mass is 1440 g/mol. The van der Waals surface area contributed by atoms with Crippen molar-refractivity contribution >= 4 is 87.5 Å². The van der Waals surface area contributed by atoms with Crippen LogP contribution in [0.5, 0.6) is 0 Å². The Hall–Kier alpha value is -9.80. The van der Waals surface area contributed by atoms with Crippen molar-refractivity contribution in [3.8, 4) is 66.8 Å². The number of rotatable bonds is 23. The van der Waals surface area contributed by atoms with E-state index in [0.717, 1.165) is 124 Å². The molecule has 0 aliphatic carbocycles. The number of nitrogens with zero attached hydrogens (tertiary/aromatic N) is 6. The van der Waals surface area contributed by atoms with E-state index in [9.17, 15) is 8.42 Å². The van der Waals surface area contributed by atoms with Gasteiger partial charge in [-0.15, -0.1) is 4.33 Å². The Kier molecular flexibility index (Phi) is 24.1. The van der Waals surface area contributed by atoms with Crippen molar-refractivity contribution in [2.75, 3.05) is 13.7 Å². The molecular weight excluding hydrogens is 1360 g/mol. The minimum absolute atomic E-state index is 0. The molecule has 6 aromatic heterocycles. The summed E-state index contributed by atoms with van der Waals surface area (Å²) in [6, 6.07) is 81.8. The van der Waals surface area contributed by atoms with Gasteiger partial charge in [0.15, 0.2) is 0 Å². The largest absolute Gasteiger partial charge is 0.254 e. The van der Waals surface area contributed by atoms with Crippen LogP contribution in [-0.2, 0) is 43.8 Å². The van der Waals surface area contributed by atoms with Gasteiger partial charge in [0, 0.05) is 100 Å². The van der Waals surface area contributed by atoms with E-state index in [2.05, 4.69) is 199 Å². The van der Waals surface area contributed by atoms with Crippen LogP contribution in [0.3, 0.4) is 0 Å². The van der Waals surface area contributed by atoms with Crippen LogP contribution in [0.1, 0.15) is 71.1 Å². The molecule has 0 unspecified atom stereocenters. The summed E-state index contributed by atoms with van der Waals surface area (Å²) >= 11 is 1.06. The first-order chi connectivity index (χ1) is 48.8. The van der Waals surface area contributed by atoms with Gasteiger partial charge in [0.1, 0.15) is 0 Å². The number of nitrogens with one attached hydrogen (secondary N) is 1. The zero-order valence-corrected chi connectivity index (χ0v) is 59.1. The maximum absolute atomic E-state index is 13.0. The average molecular weight is 1440 g/mol. The summed E-state index contributed by atoms with van der Waals surface area (Å²) in [7, 11) is -2.20. The predicted octanol–water partition coefficient (Wildman–Crippen LogP) is 22.1. The number of unbranched alkanes of at least 4 members (excludes halogenated alkanes) is 9. The van der Waals surface area contributed by atoms with Crippen LogP contribution >= 0.6 is 12.0 Å². The Labute approximate surface area is 601 Å². The van der Waals surface area contributed by atoms with E-state index >= 15 is 0 Å². The third-order valence-corrected chi connectivity index (χ3v) is 20.0. The summed E-state index contributed by atoms with van der Waals surface area (Å²) in [5.74, 6) is 0. The molecule has 0 aliphatic rings. The molecule has 0 fully saturated rings. The molecule has 9 aromatic carbocycles. The van der Waals surface area contributed by atoms with Gasteiger partial charge in [-0.1, -0.05) is 252 Å². The summed E-state index contributed by atoms with van der Waals surface area (Å²) in [6.07, 6.45) is 23.2. The first-order valence-electron chi connectivity index (χ1n) is 33.8. The SMILES string of the molecule is CCCCCCCCCCCCNS(=O)(=O)c1ccc(-c2ccnc3c2ccc2c(-c4ccc(SOOOC)cc4)ccnc23)cc1.[Ru].c1ccc(-c2ccnc3c2ccc2c(-c4ccccc4)ccnc23)cc1.c1ccc(-c2ccnc3c2ccc2c(-c4ccccc4)ccnc23)cc1. The molecule has 12 nitrogen and oxygen atoms in total. The molecule has 6 heterocycles. The zero-order valence-electron chi connectivity index (χ0n) is 55.7. The topological polar surface area (TPSA) is 151 Å². The zero-order chi connectivity index (χ0) is 67.6. The van der Waals surface area contributed by atoms with Crippen LogP contribution in [0.15, 0.2) is 290 Å². The molecule has 0 amide bonds. The van der Waals surface area contributed by atoms with Gasteiger partial charge in [-0.25, -0.2) is 18.0 Å². The fraction of sp³-hybridized carbons (Fsp3) is 0.153. The minimum Gasteiger partial charge on any atom is -0.254 e. The Morgan fingerprint density at radius 3 is 0.890 bits per heavy atom. The van der Waals surface area contributed by atoms with E-state index < -0.39 is 10.0 Å². The van der Waals surface area contributed by atoms with Crippen LogP contribution in [0.25, 0.3) is 132 Å². The summed E-state index contributed by atoms with van der Waals surface area (Å²) < 4.78 is 33.6. The summed E-state index contributed by atoms with van der Waals surface area (Å²) in [5.41, 5.74) is 18.8. The Morgan fingerprint density at radius 2 is 0.600 bits per heavy atom. The fourth-order valence-electron chi connectivity index (χ4n) is 13.0. The van der Waals surface area contributed by atoms with Gasteiger partial charge < -0.3 is 0 Å². The summed E-state index contributed by atoms with van der Waals surface area (Å²) in [6.45, 7) is 2.70. The van der Waals surface area contributed by atoms with Crippen molar-refractivity contribution < 1.29 is 42.2 Å². The van der Waals surface area contributed by atoms with E-state index in [1.54, 1.807) is 24.5 Å². The van der Waals surface area contributed by atoms with Gasteiger partial charge in [0.2, 0.25) is 10.0 Å². The molecule has 0 saturated heterocycles. The van der Waals surface area contributed by atoms with Crippen molar-refractivity contribution in [3.63, 3.8) is 0 Å². The predicted molar refractivity (Wildman–Crippen MR) is 406 cm³/mol. The molecule has 0 atom stereocenters. The number of benzene rings is 9. The number of pyridine rings is 6. The van der Waals surface area contributed by atoms with Gasteiger partial charge in [-0.3, -0.25) is 29.9 Å². The molecule has 0 spiro atoms. The quantitative estimate of drug-likeness (QED) is 0.0162. The first-order valence-corrected chi connectivity index (χ1v) is 36.0. The van der Waals surface area contributed by atoms with Crippen LogP contribution in [0, 0.1) is 0 Å². The second-order valence-electron chi connectivity index (χ2n) is 24.2.